The molecule has 17 heavy (non-hydrogen) atoms. The maximum absolute atomic E-state index is 12.3. The van der Waals surface area contributed by atoms with Crippen LogP contribution in [0.4, 0.5) is 18.3 Å². The minimum Gasteiger partial charge on any atom is -0.356 e. The number of hydrogen-bond donors (Lipinski definition) is 2. The van der Waals surface area contributed by atoms with Gasteiger partial charge in [0, 0.05) is 23.6 Å². The summed E-state index contributed by atoms with van der Waals surface area (Å²) in [5.74, 6) is -1.07. The van der Waals surface area contributed by atoms with Gasteiger partial charge in [-0.25, -0.2) is 0 Å². The van der Waals surface area contributed by atoms with Gasteiger partial charge in [-0.3, -0.25) is 0 Å². The lowest BCUT2D eigenvalue weighted by atomic mass is 10.0. The predicted molar refractivity (Wildman–Crippen MR) is 59.0 cm³/mol. The summed E-state index contributed by atoms with van der Waals surface area (Å²) in [6.45, 7) is 2.95. The minimum absolute atomic E-state index is 0.109. The summed E-state index contributed by atoms with van der Waals surface area (Å²) >= 11 is 0.752. The highest BCUT2D eigenvalue weighted by atomic mass is 32.1. The fraction of sp³-hybridized carbons (Fsp3) is 0.778. The van der Waals surface area contributed by atoms with Gasteiger partial charge < -0.3 is 10.6 Å². The average Bonchev–Trinajstić information content (AvgIpc) is 2.69. The van der Waals surface area contributed by atoms with Crippen molar-refractivity contribution in [2.75, 3.05) is 11.9 Å². The van der Waals surface area contributed by atoms with Gasteiger partial charge in [0.25, 0.3) is 0 Å². The van der Waals surface area contributed by atoms with Crippen LogP contribution in [0.2, 0.25) is 0 Å². The van der Waals surface area contributed by atoms with Gasteiger partial charge in [-0.15, -0.1) is 0 Å². The summed E-state index contributed by atoms with van der Waals surface area (Å²) in [5.41, 5.74) is 0. The van der Waals surface area contributed by atoms with Crippen LogP contribution in [0.1, 0.15) is 25.6 Å². The number of aromatic nitrogens is 2. The zero-order valence-electron chi connectivity index (χ0n) is 9.21. The molecule has 1 fully saturated rings. The lowest BCUT2D eigenvalue weighted by molar-refractivity contribution is -0.144. The van der Waals surface area contributed by atoms with Gasteiger partial charge in [-0.05, 0) is 26.3 Å². The molecule has 1 aromatic heterocycles. The van der Waals surface area contributed by atoms with Crippen LogP contribution in [0, 0.1) is 0 Å². The third kappa shape index (κ3) is 3.06. The summed E-state index contributed by atoms with van der Waals surface area (Å²) in [6, 6.07) is 0.333. The van der Waals surface area contributed by atoms with Gasteiger partial charge in [0.15, 0.2) is 0 Å². The molecule has 8 heteroatoms. The molecule has 4 nitrogen and oxygen atoms in total. The van der Waals surface area contributed by atoms with Gasteiger partial charge in [-0.2, -0.15) is 22.5 Å². The second kappa shape index (κ2) is 4.77. The molecular formula is C9H13F3N4S. The van der Waals surface area contributed by atoms with E-state index in [1.807, 2.05) is 6.92 Å². The molecule has 0 radical (unpaired) electrons. The van der Waals surface area contributed by atoms with Crippen molar-refractivity contribution in [2.24, 2.45) is 0 Å². The summed E-state index contributed by atoms with van der Waals surface area (Å²) in [5, 5.41) is 6.50. The van der Waals surface area contributed by atoms with Gasteiger partial charge in [-0.1, -0.05) is 0 Å². The largest absolute Gasteiger partial charge is 0.452 e. The SMILES string of the molecule is CC1NCCCC1Nc1nc(C(F)(F)F)ns1. The second-order valence-electron chi connectivity index (χ2n) is 4.06. The monoisotopic (exact) mass is 266 g/mol. The molecule has 96 valence electrons. The highest BCUT2D eigenvalue weighted by Crippen LogP contribution is 2.29. The Hall–Kier alpha value is -0.890. The highest BCUT2D eigenvalue weighted by molar-refractivity contribution is 7.09. The molecule has 0 aliphatic carbocycles. The quantitative estimate of drug-likeness (QED) is 0.860. The van der Waals surface area contributed by atoms with Crippen molar-refractivity contribution >= 4 is 16.7 Å². The maximum atomic E-state index is 12.3. The van der Waals surface area contributed by atoms with E-state index in [2.05, 4.69) is 20.0 Å². The van der Waals surface area contributed by atoms with Crippen molar-refractivity contribution in [2.45, 2.75) is 38.0 Å². The first-order chi connectivity index (χ1) is 7.97. The van der Waals surface area contributed by atoms with E-state index in [-0.39, 0.29) is 17.2 Å². The van der Waals surface area contributed by atoms with Gasteiger partial charge in [0.2, 0.25) is 11.0 Å². The summed E-state index contributed by atoms with van der Waals surface area (Å²) < 4.78 is 40.2. The van der Waals surface area contributed by atoms with Crippen LogP contribution in [0.15, 0.2) is 0 Å². The molecule has 0 spiro atoms. The van der Waals surface area contributed by atoms with Crippen molar-refractivity contribution in [3.05, 3.63) is 5.82 Å². The number of nitrogens with zero attached hydrogens (tertiary/aromatic N) is 2. The number of rotatable bonds is 2. The van der Waals surface area contributed by atoms with E-state index in [1.165, 1.54) is 0 Å². The van der Waals surface area contributed by atoms with Gasteiger partial charge in [0.1, 0.15) is 0 Å². The Morgan fingerprint density at radius 3 is 2.82 bits per heavy atom. The smallest absolute Gasteiger partial charge is 0.356 e. The Morgan fingerprint density at radius 1 is 1.47 bits per heavy atom. The molecule has 2 atom stereocenters. The first-order valence-corrected chi connectivity index (χ1v) is 6.15. The van der Waals surface area contributed by atoms with E-state index in [4.69, 9.17) is 0 Å². The molecule has 1 saturated heterocycles. The van der Waals surface area contributed by atoms with Crippen molar-refractivity contribution in [3.63, 3.8) is 0 Å². The molecule has 2 N–H and O–H groups in total. The fourth-order valence-electron chi connectivity index (χ4n) is 1.80. The Labute approximate surface area is 101 Å². The molecule has 1 aromatic rings. The van der Waals surface area contributed by atoms with E-state index in [1.54, 1.807) is 0 Å². The Balaban J connectivity index is 2.01. The number of nitrogens with one attached hydrogen (secondary N) is 2. The molecule has 2 heterocycles. The fourth-order valence-corrected chi connectivity index (χ4v) is 2.45. The summed E-state index contributed by atoms with van der Waals surface area (Å²) in [7, 11) is 0. The van der Waals surface area contributed by atoms with Crippen LogP contribution in [0.25, 0.3) is 0 Å². The number of piperidine rings is 1. The summed E-state index contributed by atoms with van der Waals surface area (Å²) in [4.78, 5) is 3.45. The van der Waals surface area contributed by atoms with E-state index in [9.17, 15) is 13.2 Å². The number of alkyl halides is 3. The minimum atomic E-state index is -4.47. The van der Waals surface area contributed by atoms with E-state index in [0.29, 0.717) is 0 Å². The van der Waals surface area contributed by atoms with Crippen molar-refractivity contribution in [1.29, 1.82) is 0 Å². The van der Waals surface area contributed by atoms with E-state index >= 15 is 0 Å². The predicted octanol–water partition coefficient (Wildman–Crippen LogP) is 2.11. The van der Waals surface area contributed by atoms with Crippen LogP contribution >= 0.6 is 11.5 Å². The molecule has 2 unspecified atom stereocenters. The Morgan fingerprint density at radius 2 is 2.24 bits per heavy atom. The van der Waals surface area contributed by atoms with Crippen LogP contribution in [0.3, 0.4) is 0 Å². The molecular weight excluding hydrogens is 253 g/mol. The zero-order valence-corrected chi connectivity index (χ0v) is 10.0. The Bertz CT molecular complexity index is 379. The second-order valence-corrected chi connectivity index (χ2v) is 4.81. The normalized spacial score (nSPS) is 25.9. The van der Waals surface area contributed by atoms with Gasteiger partial charge >= 0.3 is 6.18 Å². The third-order valence-corrected chi connectivity index (χ3v) is 3.40. The van der Waals surface area contributed by atoms with Crippen LogP contribution in [-0.2, 0) is 6.18 Å². The molecule has 0 aromatic carbocycles. The molecule has 0 saturated carbocycles. The highest BCUT2D eigenvalue weighted by Gasteiger charge is 2.36. The first-order valence-electron chi connectivity index (χ1n) is 5.37. The Kier molecular flexibility index (Phi) is 3.53. The standard InChI is InChI=1S/C9H13F3N4S/c1-5-6(3-2-4-13-5)14-8-15-7(16-17-8)9(10,11)12/h5-6,13H,2-4H2,1H3,(H,14,15,16). The maximum Gasteiger partial charge on any atom is 0.452 e. The first kappa shape index (κ1) is 12.6. The van der Waals surface area contributed by atoms with Gasteiger partial charge in [0.05, 0.1) is 0 Å². The zero-order chi connectivity index (χ0) is 12.5. The lowest BCUT2D eigenvalue weighted by Gasteiger charge is -2.30. The molecule has 1 aliphatic rings. The van der Waals surface area contributed by atoms with E-state index < -0.39 is 12.0 Å². The topological polar surface area (TPSA) is 49.8 Å². The lowest BCUT2D eigenvalue weighted by Crippen LogP contribution is -2.46. The van der Waals surface area contributed by atoms with Crippen molar-refractivity contribution in [3.8, 4) is 0 Å². The van der Waals surface area contributed by atoms with Crippen LogP contribution < -0.4 is 10.6 Å². The molecule has 1 aliphatic heterocycles. The third-order valence-electron chi connectivity index (χ3n) is 2.75. The average molecular weight is 266 g/mol. The van der Waals surface area contributed by atoms with Crippen LogP contribution in [0.5, 0.6) is 0 Å². The van der Waals surface area contributed by atoms with Crippen LogP contribution in [-0.4, -0.2) is 28.0 Å². The summed E-state index contributed by atoms with van der Waals surface area (Å²) in [6.07, 6.45) is -2.53. The molecule has 0 bridgehead atoms. The number of halogens is 3. The number of anilines is 1. The van der Waals surface area contributed by atoms with E-state index in [0.717, 1.165) is 30.9 Å². The van der Waals surface area contributed by atoms with Crippen molar-refractivity contribution < 1.29 is 13.2 Å². The van der Waals surface area contributed by atoms with Crippen molar-refractivity contribution in [1.82, 2.24) is 14.7 Å². The molecule has 2 rings (SSSR count). The number of hydrogen-bond acceptors (Lipinski definition) is 5. The molecule has 0 amide bonds.